The standard InChI is InChI=1S/C29H42N2O2/c1-22(26-16-18-27(19-17-26)23(2)33-28(32)30-29(3,4)5)31(20-24-12-8-6-9-13-24)21-25-14-10-7-11-15-25/h6-15,22-23,26-27H,16-21H2,1-5H3,(H,30,32)/t22-,23?,26?,27?/m0/s1. The molecule has 0 heterocycles. The van der Waals surface area contributed by atoms with Crippen LogP contribution in [0.5, 0.6) is 0 Å². The third kappa shape index (κ3) is 8.19. The van der Waals surface area contributed by atoms with Crippen molar-refractivity contribution in [3.8, 4) is 0 Å². The van der Waals surface area contributed by atoms with Crippen LogP contribution in [0.15, 0.2) is 60.7 Å². The Morgan fingerprint density at radius 3 is 1.79 bits per heavy atom. The highest BCUT2D eigenvalue weighted by Crippen LogP contribution is 2.36. The molecule has 0 aromatic heterocycles. The second-order valence-electron chi connectivity index (χ2n) is 10.8. The summed E-state index contributed by atoms with van der Waals surface area (Å²) in [7, 11) is 0. The first-order valence-electron chi connectivity index (χ1n) is 12.5. The fraction of sp³-hybridized carbons (Fsp3) is 0.552. The zero-order chi connectivity index (χ0) is 23.8. The van der Waals surface area contributed by atoms with E-state index >= 15 is 0 Å². The third-order valence-electron chi connectivity index (χ3n) is 6.97. The van der Waals surface area contributed by atoms with Gasteiger partial charge < -0.3 is 10.1 Å². The smallest absolute Gasteiger partial charge is 0.407 e. The number of hydrogen-bond donors (Lipinski definition) is 1. The fourth-order valence-corrected chi connectivity index (χ4v) is 4.98. The Bertz CT molecular complexity index is 797. The van der Waals surface area contributed by atoms with Crippen LogP contribution in [0.25, 0.3) is 0 Å². The van der Waals surface area contributed by atoms with Crippen LogP contribution in [-0.4, -0.2) is 28.7 Å². The predicted molar refractivity (Wildman–Crippen MR) is 136 cm³/mol. The summed E-state index contributed by atoms with van der Waals surface area (Å²) in [6.45, 7) is 12.3. The average molecular weight is 451 g/mol. The molecule has 1 aliphatic rings. The number of carbonyl (C=O) groups excluding carboxylic acids is 1. The zero-order valence-corrected chi connectivity index (χ0v) is 21.1. The molecular formula is C29H42N2O2. The van der Waals surface area contributed by atoms with Crippen LogP contribution in [0.4, 0.5) is 4.79 Å². The molecule has 1 aliphatic carbocycles. The van der Waals surface area contributed by atoms with Crippen LogP contribution >= 0.6 is 0 Å². The summed E-state index contributed by atoms with van der Waals surface area (Å²) in [4.78, 5) is 14.8. The molecule has 4 heteroatoms. The highest BCUT2D eigenvalue weighted by atomic mass is 16.6. The van der Waals surface area contributed by atoms with Crippen LogP contribution in [0.3, 0.4) is 0 Å². The minimum absolute atomic E-state index is 0.0478. The molecular weight excluding hydrogens is 408 g/mol. The Hall–Kier alpha value is -2.33. The van der Waals surface area contributed by atoms with Gasteiger partial charge in [0.1, 0.15) is 6.10 Å². The van der Waals surface area contributed by atoms with E-state index in [-0.39, 0.29) is 17.7 Å². The number of ether oxygens (including phenoxy) is 1. The van der Waals surface area contributed by atoms with Crippen LogP contribution in [0, 0.1) is 11.8 Å². The number of benzene rings is 2. The first-order valence-corrected chi connectivity index (χ1v) is 12.5. The van der Waals surface area contributed by atoms with Gasteiger partial charge in [0.05, 0.1) is 0 Å². The first-order chi connectivity index (χ1) is 15.7. The van der Waals surface area contributed by atoms with Crippen molar-refractivity contribution in [2.24, 2.45) is 11.8 Å². The van der Waals surface area contributed by atoms with Gasteiger partial charge in [0.2, 0.25) is 0 Å². The first kappa shape index (κ1) is 25.3. The quantitative estimate of drug-likeness (QED) is 0.481. The van der Waals surface area contributed by atoms with E-state index in [1.807, 2.05) is 27.7 Å². The predicted octanol–water partition coefficient (Wildman–Crippen LogP) is 6.80. The van der Waals surface area contributed by atoms with Gasteiger partial charge in [-0.1, -0.05) is 60.7 Å². The zero-order valence-electron chi connectivity index (χ0n) is 21.1. The van der Waals surface area contributed by atoms with Gasteiger partial charge >= 0.3 is 6.09 Å². The molecule has 0 radical (unpaired) electrons. The van der Waals surface area contributed by atoms with E-state index in [2.05, 4.69) is 77.8 Å². The van der Waals surface area contributed by atoms with Gasteiger partial charge in [-0.25, -0.2) is 4.79 Å². The number of amides is 1. The number of nitrogens with one attached hydrogen (secondary N) is 1. The van der Waals surface area contributed by atoms with E-state index in [0.29, 0.717) is 17.9 Å². The van der Waals surface area contributed by atoms with Gasteiger partial charge in [0.15, 0.2) is 0 Å². The molecule has 2 aromatic carbocycles. The van der Waals surface area contributed by atoms with Crippen LogP contribution in [0.1, 0.15) is 71.4 Å². The summed E-state index contributed by atoms with van der Waals surface area (Å²) < 4.78 is 5.71. The van der Waals surface area contributed by atoms with Gasteiger partial charge in [-0.2, -0.15) is 0 Å². The molecule has 3 rings (SSSR count). The summed E-state index contributed by atoms with van der Waals surface area (Å²) in [6.07, 6.45) is 4.24. The Kier molecular flexibility index (Phi) is 8.96. The molecule has 1 N–H and O–H groups in total. The largest absolute Gasteiger partial charge is 0.446 e. The molecule has 1 unspecified atom stereocenters. The Morgan fingerprint density at radius 1 is 0.879 bits per heavy atom. The molecule has 2 atom stereocenters. The highest BCUT2D eigenvalue weighted by Gasteiger charge is 2.32. The van der Waals surface area contributed by atoms with Crippen molar-refractivity contribution in [1.29, 1.82) is 0 Å². The number of rotatable bonds is 8. The maximum Gasteiger partial charge on any atom is 0.407 e. The molecule has 0 spiro atoms. The van der Waals surface area contributed by atoms with Crippen molar-refractivity contribution in [2.45, 2.75) is 91.1 Å². The molecule has 1 saturated carbocycles. The van der Waals surface area contributed by atoms with Crippen LogP contribution in [-0.2, 0) is 17.8 Å². The summed E-state index contributed by atoms with van der Waals surface area (Å²) in [6, 6.07) is 22.1. The van der Waals surface area contributed by atoms with Gasteiger partial charge in [-0.05, 0) is 83.3 Å². The van der Waals surface area contributed by atoms with Gasteiger partial charge in [-0.3, -0.25) is 4.90 Å². The lowest BCUT2D eigenvalue weighted by atomic mass is 9.76. The summed E-state index contributed by atoms with van der Waals surface area (Å²) in [5.41, 5.74) is 2.45. The number of alkyl carbamates (subject to hydrolysis) is 1. The van der Waals surface area contributed by atoms with Crippen molar-refractivity contribution in [3.63, 3.8) is 0 Å². The van der Waals surface area contributed by atoms with Gasteiger partial charge in [-0.15, -0.1) is 0 Å². The number of carbonyl (C=O) groups is 1. The lowest BCUT2D eigenvalue weighted by Gasteiger charge is -2.40. The maximum absolute atomic E-state index is 12.2. The van der Waals surface area contributed by atoms with E-state index in [9.17, 15) is 4.79 Å². The Morgan fingerprint density at radius 2 is 1.33 bits per heavy atom. The van der Waals surface area contributed by atoms with Crippen molar-refractivity contribution in [1.82, 2.24) is 10.2 Å². The Labute approximate surface area is 200 Å². The molecule has 1 amide bonds. The maximum atomic E-state index is 12.2. The van der Waals surface area contributed by atoms with Gasteiger partial charge in [0.25, 0.3) is 0 Å². The molecule has 33 heavy (non-hydrogen) atoms. The lowest BCUT2D eigenvalue weighted by Crippen LogP contribution is -2.43. The second-order valence-corrected chi connectivity index (χ2v) is 10.8. The lowest BCUT2D eigenvalue weighted by molar-refractivity contribution is 0.0356. The minimum Gasteiger partial charge on any atom is -0.446 e. The summed E-state index contributed by atoms with van der Waals surface area (Å²) in [5.74, 6) is 1.10. The van der Waals surface area contributed by atoms with E-state index in [0.717, 1.165) is 25.9 Å². The second kappa shape index (κ2) is 11.7. The SMILES string of the molecule is CC(OC(=O)NC(C)(C)C)C1CCC([C@H](C)N(Cc2ccccc2)Cc2ccccc2)CC1. The fourth-order valence-electron chi connectivity index (χ4n) is 4.98. The molecule has 2 aromatic rings. The van der Waals surface area contributed by atoms with Crippen molar-refractivity contribution in [2.75, 3.05) is 0 Å². The monoisotopic (exact) mass is 450 g/mol. The number of hydrogen-bond acceptors (Lipinski definition) is 3. The van der Waals surface area contributed by atoms with Crippen molar-refractivity contribution < 1.29 is 9.53 Å². The minimum atomic E-state index is -0.303. The van der Waals surface area contributed by atoms with Crippen molar-refractivity contribution >= 4 is 6.09 Å². The molecule has 0 bridgehead atoms. The van der Waals surface area contributed by atoms with Gasteiger partial charge in [0, 0.05) is 24.7 Å². The van der Waals surface area contributed by atoms with Crippen LogP contribution in [0.2, 0.25) is 0 Å². The topological polar surface area (TPSA) is 41.6 Å². The molecule has 0 saturated heterocycles. The summed E-state index contributed by atoms with van der Waals surface area (Å²) >= 11 is 0. The molecule has 0 aliphatic heterocycles. The van der Waals surface area contributed by atoms with E-state index in [4.69, 9.17) is 4.74 Å². The normalized spacial score (nSPS) is 20.8. The summed E-state index contributed by atoms with van der Waals surface area (Å²) in [5, 5.41) is 2.91. The van der Waals surface area contributed by atoms with Crippen LogP contribution < -0.4 is 5.32 Å². The molecule has 1 fully saturated rings. The van der Waals surface area contributed by atoms with E-state index in [1.165, 1.54) is 24.0 Å². The third-order valence-corrected chi connectivity index (χ3v) is 6.97. The highest BCUT2D eigenvalue weighted by molar-refractivity contribution is 5.68. The molecule has 180 valence electrons. The number of nitrogens with zero attached hydrogens (tertiary/aromatic N) is 1. The van der Waals surface area contributed by atoms with E-state index in [1.54, 1.807) is 0 Å². The van der Waals surface area contributed by atoms with Crippen molar-refractivity contribution in [3.05, 3.63) is 71.8 Å². The Balaban J connectivity index is 1.58. The van der Waals surface area contributed by atoms with E-state index < -0.39 is 0 Å². The average Bonchev–Trinajstić information content (AvgIpc) is 2.78. The molecule has 4 nitrogen and oxygen atoms in total.